The van der Waals surface area contributed by atoms with Gasteiger partial charge in [0.25, 0.3) is 0 Å². The molecule has 3 N–H and O–H groups in total. The van der Waals surface area contributed by atoms with Crippen LogP contribution < -0.4 is 10.6 Å². The van der Waals surface area contributed by atoms with E-state index in [4.69, 9.17) is 0 Å². The molecule has 4 nitrogen and oxygen atoms in total. The zero-order valence-corrected chi connectivity index (χ0v) is 12.2. The average Bonchev–Trinajstić information content (AvgIpc) is 2.38. The van der Waals surface area contributed by atoms with Gasteiger partial charge in [-0.1, -0.05) is 13.8 Å². The molecule has 0 spiro atoms. The molecule has 1 aromatic rings. The van der Waals surface area contributed by atoms with Gasteiger partial charge in [-0.2, -0.15) is 0 Å². The van der Waals surface area contributed by atoms with Gasteiger partial charge in [-0.3, -0.25) is 4.79 Å². The van der Waals surface area contributed by atoms with Crippen LogP contribution in [0.25, 0.3) is 0 Å². The maximum atomic E-state index is 11.0. The highest BCUT2D eigenvalue weighted by Crippen LogP contribution is 2.23. The Kier molecular flexibility index (Phi) is 5.36. The number of aliphatic hydroxyl groups is 1. The maximum absolute atomic E-state index is 11.0. The van der Waals surface area contributed by atoms with E-state index in [1.54, 1.807) is 0 Å². The van der Waals surface area contributed by atoms with E-state index >= 15 is 0 Å². The van der Waals surface area contributed by atoms with E-state index in [9.17, 15) is 9.90 Å². The second-order valence-corrected chi connectivity index (χ2v) is 5.39. The summed E-state index contributed by atoms with van der Waals surface area (Å²) < 4.78 is 0. The number of aliphatic hydroxyl groups excluding tert-OH is 1. The summed E-state index contributed by atoms with van der Waals surface area (Å²) in [5.74, 6) is -0.0670. The molecule has 0 saturated carbocycles. The topological polar surface area (TPSA) is 61.4 Å². The van der Waals surface area contributed by atoms with E-state index in [2.05, 4.69) is 24.5 Å². The molecule has 0 radical (unpaired) electrons. The molecule has 0 aliphatic heterocycles. The first-order valence-electron chi connectivity index (χ1n) is 6.63. The van der Waals surface area contributed by atoms with E-state index in [0.717, 1.165) is 29.9 Å². The van der Waals surface area contributed by atoms with E-state index in [0.29, 0.717) is 0 Å². The van der Waals surface area contributed by atoms with Gasteiger partial charge in [0.1, 0.15) is 0 Å². The third-order valence-electron chi connectivity index (χ3n) is 3.49. The van der Waals surface area contributed by atoms with Crippen LogP contribution in [0.15, 0.2) is 18.2 Å². The molecule has 1 atom stereocenters. The van der Waals surface area contributed by atoms with Crippen LogP contribution in [0.5, 0.6) is 0 Å². The molecular weight excluding hydrogens is 240 g/mol. The van der Waals surface area contributed by atoms with Gasteiger partial charge in [-0.05, 0) is 37.1 Å². The van der Waals surface area contributed by atoms with Gasteiger partial charge in [0.2, 0.25) is 5.91 Å². The van der Waals surface area contributed by atoms with Crippen molar-refractivity contribution in [2.45, 2.75) is 34.1 Å². The lowest BCUT2D eigenvalue weighted by molar-refractivity contribution is -0.114. The predicted octanol–water partition coefficient (Wildman–Crippen LogP) is 2.77. The third kappa shape index (κ3) is 4.56. The summed E-state index contributed by atoms with van der Waals surface area (Å²) in [6, 6.07) is 5.83. The number of aryl methyl sites for hydroxylation is 1. The SMILES string of the molecule is CCC(C)(CO)CNc1ccc(NC(C)=O)c(C)c1. The number of benzene rings is 1. The summed E-state index contributed by atoms with van der Waals surface area (Å²) in [7, 11) is 0. The fraction of sp³-hybridized carbons (Fsp3) is 0.533. The van der Waals surface area contributed by atoms with Crippen LogP contribution in [0, 0.1) is 12.3 Å². The van der Waals surface area contributed by atoms with Gasteiger partial charge in [-0.25, -0.2) is 0 Å². The molecule has 19 heavy (non-hydrogen) atoms. The normalized spacial score (nSPS) is 13.7. The van der Waals surface area contributed by atoms with Gasteiger partial charge in [-0.15, -0.1) is 0 Å². The number of carbonyl (C=O) groups is 1. The van der Waals surface area contributed by atoms with E-state index in [1.807, 2.05) is 25.1 Å². The van der Waals surface area contributed by atoms with Crippen molar-refractivity contribution in [1.29, 1.82) is 0 Å². The highest BCUT2D eigenvalue weighted by molar-refractivity contribution is 5.89. The van der Waals surface area contributed by atoms with Crippen molar-refractivity contribution in [3.63, 3.8) is 0 Å². The van der Waals surface area contributed by atoms with Crippen LogP contribution >= 0.6 is 0 Å². The highest BCUT2D eigenvalue weighted by atomic mass is 16.3. The van der Waals surface area contributed by atoms with Gasteiger partial charge in [0.05, 0.1) is 6.61 Å². The molecule has 0 saturated heterocycles. The molecular formula is C15H24N2O2. The summed E-state index contributed by atoms with van der Waals surface area (Å²) in [5, 5.41) is 15.5. The molecule has 0 aliphatic carbocycles. The number of nitrogens with one attached hydrogen (secondary N) is 2. The summed E-state index contributed by atoms with van der Waals surface area (Å²) >= 11 is 0. The molecule has 1 amide bonds. The van der Waals surface area contributed by atoms with Crippen molar-refractivity contribution in [2.75, 3.05) is 23.8 Å². The van der Waals surface area contributed by atoms with Crippen LogP contribution in [0.2, 0.25) is 0 Å². The number of carbonyl (C=O) groups excluding carboxylic acids is 1. The fourth-order valence-corrected chi connectivity index (χ4v) is 1.71. The Bertz CT molecular complexity index is 440. The van der Waals surface area contributed by atoms with Gasteiger partial charge < -0.3 is 15.7 Å². The van der Waals surface area contributed by atoms with Gasteiger partial charge in [0, 0.05) is 30.3 Å². The number of anilines is 2. The third-order valence-corrected chi connectivity index (χ3v) is 3.49. The van der Waals surface area contributed by atoms with Gasteiger partial charge >= 0.3 is 0 Å². The Morgan fingerprint density at radius 1 is 1.42 bits per heavy atom. The summed E-state index contributed by atoms with van der Waals surface area (Å²) in [6.45, 7) is 8.47. The molecule has 0 fully saturated rings. The summed E-state index contributed by atoms with van der Waals surface area (Å²) in [6.07, 6.45) is 0.916. The van der Waals surface area contributed by atoms with E-state index < -0.39 is 0 Å². The maximum Gasteiger partial charge on any atom is 0.221 e. The minimum atomic E-state index is -0.107. The molecule has 106 valence electrons. The molecule has 1 unspecified atom stereocenters. The molecule has 4 heteroatoms. The minimum absolute atomic E-state index is 0.0670. The number of amides is 1. The molecule has 1 aromatic carbocycles. The lowest BCUT2D eigenvalue weighted by atomic mass is 9.88. The standard InChI is InChI=1S/C15H24N2O2/c1-5-15(4,10-18)9-16-13-6-7-14(11(2)8-13)17-12(3)19/h6-8,16,18H,5,9-10H2,1-4H3,(H,17,19). The Morgan fingerprint density at radius 2 is 2.11 bits per heavy atom. The van der Waals surface area contributed by atoms with Gasteiger partial charge in [0.15, 0.2) is 0 Å². The van der Waals surface area contributed by atoms with Crippen molar-refractivity contribution >= 4 is 17.3 Å². The number of rotatable bonds is 6. The van der Waals surface area contributed by atoms with Crippen LogP contribution in [-0.2, 0) is 4.79 Å². The predicted molar refractivity (Wildman–Crippen MR) is 79.5 cm³/mol. The second kappa shape index (κ2) is 6.57. The second-order valence-electron chi connectivity index (χ2n) is 5.39. The van der Waals surface area contributed by atoms with Crippen molar-refractivity contribution in [2.24, 2.45) is 5.41 Å². The van der Waals surface area contributed by atoms with Crippen molar-refractivity contribution in [3.8, 4) is 0 Å². The van der Waals surface area contributed by atoms with Crippen LogP contribution in [0.4, 0.5) is 11.4 Å². The first-order valence-corrected chi connectivity index (χ1v) is 6.63. The fourth-order valence-electron chi connectivity index (χ4n) is 1.71. The van der Waals surface area contributed by atoms with Crippen molar-refractivity contribution in [1.82, 2.24) is 0 Å². The Labute approximate surface area is 115 Å². The first kappa shape index (κ1) is 15.5. The molecule has 0 bridgehead atoms. The van der Waals surface area contributed by atoms with Crippen molar-refractivity contribution in [3.05, 3.63) is 23.8 Å². The monoisotopic (exact) mass is 264 g/mol. The molecule has 0 aromatic heterocycles. The minimum Gasteiger partial charge on any atom is -0.396 e. The Hall–Kier alpha value is -1.55. The summed E-state index contributed by atoms with van der Waals surface area (Å²) in [5.41, 5.74) is 2.74. The highest BCUT2D eigenvalue weighted by Gasteiger charge is 2.20. The van der Waals surface area contributed by atoms with Crippen LogP contribution in [0.3, 0.4) is 0 Å². The van der Waals surface area contributed by atoms with Crippen LogP contribution in [0.1, 0.15) is 32.8 Å². The zero-order chi connectivity index (χ0) is 14.5. The Balaban J connectivity index is 2.71. The number of hydrogen-bond donors (Lipinski definition) is 3. The van der Waals surface area contributed by atoms with E-state index in [-0.39, 0.29) is 17.9 Å². The summed E-state index contributed by atoms with van der Waals surface area (Å²) in [4.78, 5) is 11.0. The lowest BCUT2D eigenvalue weighted by Gasteiger charge is -2.26. The largest absolute Gasteiger partial charge is 0.396 e. The van der Waals surface area contributed by atoms with E-state index in [1.165, 1.54) is 6.92 Å². The molecule has 0 aliphatic rings. The molecule has 1 rings (SSSR count). The first-order chi connectivity index (χ1) is 8.90. The quantitative estimate of drug-likeness (QED) is 0.740. The number of hydrogen-bond acceptors (Lipinski definition) is 3. The van der Waals surface area contributed by atoms with Crippen LogP contribution in [-0.4, -0.2) is 24.2 Å². The smallest absolute Gasteiger partial charge is 0.221 e. The Morgan fingerprint density at radius 3 is 2.58 bits per heavy atom. The lowest BCUT2D eigenvalue weighted by Crippen LogP contribution is -2.29. The molecule has 0 heterocycles. The zero-order valence-electron chi connectivity index (χ0n) is 12.2. The average molecular weight is 264 g/mol. The van der Waals surface area contributed by atoms with Crippen molar-refractivity contribution < 1.29 is 9.90 Å².